The number of sulfonamides is 1. The summed E-state index contributed by atoms with van der Waals surface area (Å²) in [7, 11) is 1.08. The molecule has 2 saturated carbocycles. The van der Waals surface area contributed by atoms with Crippen LogP contribution in [0, 0.1) is 11.7 Å². The predicted molar refractivity (Wildman–Crippen MR) is 210 cm³/mol. The maximum absolute atomic E-state index is 14.5. The summed E-state index contributed by atoms with van der Waals surface area (Å²) in [4.78, 5) is 87.2. The number of carbonyl (C=O) groups excluding carboxylic acids is 6. The molecule has 5 rings (SSSR count). The number of alkyl carbamates (subject to hydrolysis) is 1. The molecule has 3 N–H and O–H groups in total. The number of halogens is 1. The number of hydrogen-bond acceptors (Lipinski definition) is 11. The first-order valence-corrected chi connectivity index (χ1v) is 20.3. The van der Waals surface area contributed by atoms with Gasteiger partial charge in [0.2, 0.25) is 27.7 Å². The summed E-state index contributed by atoms with van der Waals surface area (Å²) in [6.45, 7) is 8.35. The maximum Gasteiger partial charge on any atom is 0.410 e. The zero-order chi connectivity index (χ0) is 42.0. The highest BCUT2D eigenvalue weighted by molar-refractivity contribution is 7.91. The minimum Gasteiger partial charge on any atom is -0.444 e. The predicted octanol–water partition coefficient (Wildman–Crippen LogP) is 2.12. The normalized spacial score (nSPS) is 23.4. The van der Waals surface area contributed by atoms with Crippen LogP contribution in [0.2, 0.25) is 0 Å². The first-order valence-electron chi connectivity index (χ1n) is 18.7. The van der Waals surface area contributed by atoms with Crippen molar-refractivity contribution in [2.45, 2.75) is 94.1 Å². The Morgan fingerprint density at radius 3 is 2.42 bits per heavy atom. The number of nitrogens with one attached hydrogen (secondary N) is 3. The number of likely N-dealkylation sites (tertiary alicyclic amines) is 1. The molecule has 19 heteroatoms. The summed E-state index contributed by atoms with van der Waals surface area (Å²) in [5, 5.41) is 4.47. The lowest BCUT2D eigenvalue weighted by Gasteiger charge is -2.31. The van der Waals surface area contributed by atoms with E-state index in [2.05, 4.69) is 21.9 Å². The Kier molecular flexibility index (Phi) is 12.7. The van der Waals surface area contributed by atoms with Crippen molar-refractivity contribution >= 4 is 45.8 Å². The molecule has 2 aliphatic carbocycles. The molecule has 3 fully saturated rings. The summed E-state index contributed by atoms with van der Waals surface area (Å²) < 4.78 is 53.2. The second-order valence-electron chi connectivity index (χ2n) is 16.2. The number of likely N-dealkylation sites (N-methyl/N-ethyl adjacent to an activating group) is 2. The quantitative estimate of drug-likeness (QED) is 0.183. The van der Waals surface area contributed by atoms with Gasteiger partial charge < -0.3 is 34.8 Å². The Morgan fingerprint density at radius 2 is 1.82 bits per heavy atom. The van der Waals surface area contributed by atoms with E-state index in [4.69, 9.17) is 9.47 Å². The largest absolute Gasteiger partial charge is 0.444 e. The number of ether oxygens (including phenoxy) is 2. The third-order valence-electron chi connectivity index (χ3n) is 10.1. The van der Waals surface area contributed by atoms with E-state index in [-0.39, 0.29) is 43.3 Å². The summed E-state index contributed by atoms with van der Waals surface area (Å²) in [6, 6.07) is 1.64. The fraction of sp³-hybridized carbons (Fsp3) is 0.579. The second kappa shape index (κ2) is 16.8. The first kappa shape index (κ1) is 43.1. The molecule has 1 aromatic carbocycles. The molecule has 1 aromatic rings. The number of rotatable bonds is 14. The van der Waals surface area contributed by atoms with E-state index in [0.717, 1.165) is 4.90 Å². The van der Waals surface area contributed by atoms with Gasteiger partial charge in [0.25, 0.3) is 5.91 Å². The van der Waals surface area contributed by atoms with Gasteiger partial charge in [0.05, 0.1) is 24.9 Å². The standard InChI is InChI=1S/C38H52FN7O10S.3H2/c1-8-24-18-38(24,34(50)42-57(53,54)26-14-15-26)41-32(48)30-17-25(55-36(52)45-19-23-11-9-12-28(39)27(23)21-45)20-46(30)33(49)29(40-35(51)56-37(2,3)4)22-44(7)31(47)13-10-16-43(5)6;;;/h8-13,24-26,29-30H,1,14-22H2,2-7H3,(H,40,51)(H,41,48)(H,42,50);3*1H/b13-10+;;;/t24-,25?,29?,30+,38-;;;/m1.../s1. The second-order valence-corrected chi connectivity index (χ2v) is 18.2. The van der Waals surface area contributed by atoms with Crippen LogP contribution >= 0.6 is 0 Å². The van der Waals surface area contributed by atoms with Gasteiger partial charge >= 0.3 is 12.2 Å². The molecule has 318 valence electrons. The molecule has 2 heterocycles. The Hall–Kier alpha value is -5.04. The number of fused-ring (bicyclic) bond motifs is 1. The Balaban J connectivity index is 0.00000413. The Labute approximate surface area is 336 Å². The molecule has 4 aliphatic rings. The number of amides is 6. The topological polar surface area (TPSA) is 204 Å². The SMILES string of the molecule is C=C[C@@H]1C[C@]1(NC(=O)[C@@H]1CC(OC(=O)N2Cc3cccc(F)c3C2)CN1C(=O)C(CN(C)C(=O)/C=C/CN(C)C)NC(=O)OC(C)(C)C)C(=O)NS(=O)(=O)C1CC1.[HH].[HH].[HH]. The molecule has 57 heavy (non-hydrogen) atoms. The van der Waals surface area contributed by atoms with Crippen molar-refractivity contribution in [1.29, 1.82) is 0 Å². The summed E-state index contributed by atoms with van der Waals surface area (Å²) in [6.07, 6.45) is 2.06. The lowest BCUT2D eigenvalue weighted by Crippen LogP contribution is -2.60. The molecule has 0 radical (unpaired) electrons. The van der Waals surface area contributed by atoms with Crippen LogP contribution in [-0.4, -0.2) is 139 Å². The summed E-state index contributed by atoms with van der Waals surface area (Å²) >= 11 is 0. The van der Waals surface area contributed by atoms with Crippen molar-refractivity contribution in [3.63, 3.8) is 0 Å². The van der Waals surface area contributed by atoms with Crippen LogP contribution in [0.4, 0.5) is 14.0 Å². The van der Waals surface area contributed by atoms with E-state index in [9.17, 15) is 41.6 Å². The van der Waals surface area contributed by atoms with E-state index >= 15 is 0 Å². The van der Waals surface area contributed by atoms with E-state index in [0.29, 0.717) is 30.5 Å². The van der Waals surface area contributed by atoms with Gasteiger partial charge in [-0.05, 0) is 65.8 Å². The molecule has 0 bridgehead atoms. The molecular weight excluding hydrogens is 766 g/mol. The minimum atomic E-state index is -3.98. The molecule has 5 atom stereocenters. The first-order chi connectivity index (χ1) is 26.6. The van der Waals surface area contributed by atoms with Crippen LogP contribution in [0.5, 0.6) is 0 Å². The minimum absolute atomic E-state index is 0. The van der Waals surface area contributed by atoms with Crippen molar-refractivity contribution < 1.29 is 55.3 Å². The van der Waals surface area contributed by atoms with Gasteiger partial charge in [-0.15, -0.1) is 6.58 Å². The van der Waals surface area contributed by atoms with Crippen molar-refractivity contribution in [2.24, 2.45) is 5.92 Å². The van der Waals surface area contributed by atoms with Crippen LogP contribution in [-0.2, 0) is 51.8 Å². The van der Waals surface area contributed by atoms with Crippen molar-refractivity contribution in [3.05, 3.63) is 60.0 Å². The van der Waals surface area contributed by atoms with Crippen LogP contribution in [0.25, 0.3) is 0 Å². The molecule has 2 unspecified atom stereocenters. The number of nitrogens with zero attached hydrogens (tertiary/aromatic N) is 4. The van der Waals surface area contributed by atoms with E-state index in [1.54, 1.807) is 32.9 Å². The van der Waals surface area contributed by atoms with Gasteiger partial charge in [-0.3, -0.25) is 28.8 Å². The third-order valence-corrected chi connectivity index (χ3v) is 11.9. The summed E-state index contributed by atoms with van der Waals surface area (Å²) in [5.74, 6) is -4.22. The average Bonchev–Trinajstić information content (AvgIpc) is 4.00. The van der Waals surface area contributed by atoms with Gasteiger partial charge in [0.1, 0.15) is 35.1 Å². The lowest BCUT2D eigenvalue weighted by molar-refractivity contribution is -0.142. The van der Waals surface area contributed by atoms with Crippen molar-refractivity contribution in [1.82, 2.24) is 35.0 Å². The fourth-order valence-corrected chi connectivity index (χ4v) is 8.18. The molecular formula is C38H58FN7O10S. The zero-order valence-corrected chi connectivity index (χ0v) is 33.9. The smallest absolute Gasteiger partial charge is 0.410 e. The highest BCUT2D eigenvalue weighted by atomic mass is 32.2. The Bertz CT molecular complexity index is 1950. The Morgan fingerprint density at radius 1 is 1.12 bits per heavy atom. The van der Waals surface area contributed by atoms with Crippen LogP contribution < -0.4 is 15.4 Å². The van der Waals surface area contributed by atoms with E-state index < -0.39 is 92.2 Å². The van der Waals surface area contributed by atoms with Crippen molar-refractivity contribution in [3.8, 4) is 0 Å². The summed E-state index contributed by atoms with van der Waals surface area (Å²) in [5.41, 5.74) is -1.70. The van der Waals surface area contributed by atoms with Crippen LogP contribution in [0.15, 0.2) is 43.0 Å². The van der Waals surface area contributed by atoms with E-state index in [1.807, 2.05) is 19.0 Å². The average molecular weight is 824 g/mol. The van der Waals surface area contributed by atoms with Gasteiger partial charge in [-0.2, -0.15) is 0 Å². The van der Waals surface area contributed by atoms with E-state index in [1.165, 1.54) is 41.1 Å². The van der Waals surface area contributed by atoms with Gasteiger partial charge in [0, 0.05) is 48.4 Å². The molecule has 6 amide bonds. The van der Waals surface area contributed by atoms with Gasteiger partial charge in [0.15, 0.2) is 0 Å². The molecule has 0 spiro atoms. The van der Waals surface area contributed by atoms with Gasteiger partial charge in [-0.1, -0.05) is 24.3 Å². The molecule has 2 aliphatic heterocycles. The number of carbonyl (C=O) groups is 6. The number of benzene rings is 1. The van der Waals surface area contributed by atoms with Crippen LogP contribution in [0.1, 0.15) is 61.9 Å². The highest BCUT2D eigenvalue weighted by Crippen LogP contribution is 2.45. The number of hydrogen-bond donors (Lipinski definition) is 3. The molecule has 1 saturated heterocycles. The lowest BCUT2D eigenvalue weighted by atomic mass is 10.1. The molecule has 0 aromatic heterocycles. The zero-order valence-electron chi connectivity index (χ0n) is 33.1. The third kappa shape index (κ3) is 10.5. The van der Waals surface area contributed by atoms with Crippen molar-refractivity contribution in [2.75, 3.05) is 40.8 Å². The maximum atomic E-state index is 14.5. The highest BCUT2D eigenvalue weighted by Gasteiger charge is 2.62. The molecule has 17 nitrogen and oxygen atoms in total. The van der Waals surface area contributed by atoms with Gasteiger partial charge in [-0.25, -0.2) is 22.4 Å². The van der Waals surface area contributed by atoms with Crippen LogP contribution in [0.3, 0.4) is 0 Å². The monoisotopic (exact) mass is 823 g/mol. The fourth-order valence-electron chi connectivity index (χ4n) is 6.81.